The first kappa shape index (κ1) is 20.5. The molecule has 4 rings (SSSR count). The molecule has 6 nitrogen and oxygen atoms in total. The van der Waals surface area contributed by atoms with Crippen LogP contribution in [0.5, 0.6) is 0 Å². The second kappa shape index (κ2) is 9.01. The standard InChI is InChI=1S/C24H20N2O4S2/c1-16-6-8-17(9-7-16)10-11-19-12-13-23(31-19)32(29,30)26-22(24(27)28)14-18-15-25-21-5-3-2-4-20(18)21/h2-9,12-13,15,22,25-26H,14H2,1H3,(H,27,28)/t22-/m0/s1/i3D. The van der Waals surface area contributed by atoms with Crippen LogP contribution in [0.3, 0.4) is 0 Å². The highest BCUT2D eigenvalue weighted by Crippen LogP contribution is 2.23. The molecule has 162 valence electrons. The minimum Gasteiger partial charge on any atom is -0.480 e. The Morgan fingerprint density at radius 1 is 1.19 bits per heavy atom. The second-order valence-electron chi connectivity index (χ2n) is 7.24. The van der Waals surface area contributed by atoms with Crippen molar-refractivity contribution in [2.24, 2.45) is 0 Å². The lowest BCUT2D eigenvalue weighted by atomic mass is 10.1. The number of aromatic amines is 1. The first-order valence-electron chi connectivity index (χ1n) is 10.2. The van der Waals surface area contributed by atoms with Gasteiger partial charge in [0.05, 0.1) is 6.25 Å². The summed E-state index contributed by atoms with van der Waals surface area (Å²) in [6.07, 6.45) is 1.59. The Bertz CT molecular complexity index is 1490. The van der Waals surface area contributed by atoms with Gasteiger partial charge in [-0.1, -0.05) is 47.7 Å². The van der Waals surface area contributed by atoms with Gasteiger partial charge in [0.15, 0.2) is 0 Å². The van der Waals surface area contributed by atoms with Crippen LogP contribution in [0.4, 0.5) is 0 Å². The number of benzene rings is 2. The maximum Gasteiger partial charge on any atom is 0.322 e. The Balaban J connectivity index is 1.52. The lowest BCUT2D eigenvalue weighted by Crippen LogP contribution is -2.41. The topological polar surface area (TPSA) is 99.3 Å². The summed E-state index contributed by atoms with van der Waals surface area (Å²) in [5, 5.41) is 10.4. The fourth-order valence-electron chi connectivity index (χ4n) is 3.19. The Morgan fingerprint density at radius 2 is 1.97 bits per heavy atom. The number of nitrogens with one attached hydrogen (secondary N) is 2. The summed E-state index contributed by atoms with van der Waals surface area (Å²) in [5.41, 5.74) is 3.28. The molecule has 0 aliphatic carbocycles. The molecule has 0 fully saturated rings. The summed E-state index contributed by atoms with van der Waals surface area (Å²) < 4.78 is 35.7. The van der Waals surface area contributed by atoms with Gasteiger partial charge in [-0.05, 0) is 42.8 Å². The van der Waals surface area contributed by atoms with Crippen molar-refractivity contribution in [2.45, 2.75) is 23.6 Å². The van der Waals surface area contributed by atoms with Crippen LogP contribution in [0.2, 0.25) is 0 Å². The van der Waals surface area contributed by atoms with Crippen molar-refractivity contribution in [3.8, 4) is 11.8 Å². The van der Waals surface area contributed by atoms with E-state index in [-0.39, 0.29) is 10.6 Å². The zero-order chi connectivity index (χ0) is 23.6. The molecule has 0 bridgehead atoms. The van der Waals surface area contributed by atoms with Crippen LogP contribution in [-0.2, 0) is 21.2 Å². The van der Waals surface area contributed by atoms with Crippen LogP contribution in [0.1, 0.15) is 22.9 Å². The van der Waals surface area contributed by atoms with Crippen molar-refractivity contribution >= 4 is 38.2 Å². The Labute approximate surface area is 191 Å². The molecule has 0 unspecified atom stereocenters. The molecule has 2 aromatic carbocycles. The predicted molar refractivity (Wildman–Crippen MR) is 125 cm³/mol. The van der Waals surface area contributed by atoms with E-state index in [4.69, 9.17) is 1.37 Å². The Hall–Kier alpha value is -3.38. The number of para-hydroxylation sites is 1. The molecule has 2 aromatic heterocycles. The van der Waals surface area contributed by atoms with Crippen LogP contribution in [0.15, 0.2) is 71.0 Å². The van der Waals surface area contributed by atoms with Gasteiger partial charge >= 0.3 is 5.97 Å². The highest BCUT2D eigenvalue weighted by atomic mass is 32.2. The molecule has 0 amide bonds. The number of fused-ring (bicyclic) bond motifs is 1. The van der Waals surface area contributed by atoms with E-state index < -0.39 is 22.0 Å². The van der Waals surface area contributed by atoms with Crippen molar-refractivity contribution in [2.75, 3.05) is 0 Å². The van der Waals surface area contributed by atoms with Gasteiger partial charge in [-0.15, -0.1) is 11.3 Å². The molecule has 0 radical (unpaired) electrons. The SMILES string of the molecule is [2H]c1ccc2c(C[C@H](NS(=O)(=O)c3ccc(C#Cc4ccc(C)cc4)s3)C(=O)O)c[nH]c2c1. The average Bonchev–Trinajstić information content (AvgIpc) is 3.40. The van der Waals surface area contributed by atoms with Crippen LogP contribution in [0, 0.1) is 18.8 Å². The molecular formula is C24H20N2O4S2. The molecule has 2 heterocycles. The maximum absolute atomic E-state index is 12.9. The number of aromatic nitrogens is 1. The zero-order valence-electron chi connectivity index (χ0n) is 18.0. The third kappa shape index (κ3) is 4.92. The van der Waals surface area contributed by atoms with Crippen molar-refractivity contribution in [3.63, 3.8) is 0 Å². The third-order valence-electron chi connectivity index (χ3n) is 4.86. The number of thiophene rings is 1. The molecule has 1 atom stereocenters. The summed E-state index contributed by atoms with van der Waals surface area (Å²) >= 11 is 0.984. The van der Waals surface area contributed by atoms with Crippen LogP contribution < -0.4 is 4.72 Å². The fourth-order valence-corrected chi connectivity index (χ4v) is 5.55. The number of hydrogen-bond acceptors (Lipinski definition) is 4. The number of aryl methyl sites for hydroxylation is 1. The number of carboxylic acids is 1. The highest BCUT2D eigenvalue weighted by Gasteiger charge is 2.27. The number of carbonyl (C=O) groups is 1. The smallest absolute Gasteiger partial charge is 0.322 e. The minimum atomic E-state index is -4.06. The van der Waals surface area contributed by atoms with Crippen molar-refractivity contribution in [1.82, 2.24) is 9.71 Å². The molecular weight excluding hydrogens is 444 g/mol. The van der Waals surface area contributed by atoms with Gasteiger partial charge in [-0.2, -0.15) is 4.72 Å². The number of rotatable bonds is 6. The van der Waals surface area contributed by atoms with Gasteiger partial charge in [0.2, 0.25) is 0 Å². The second-order valence-corrected chi connectivity index (χ2v) is 10.3. The fraction of sp³-hybridized carbons (Fsp3) is 0.125. The van der Waals surface area contributed by atoms with Crippen LogP contribution in [-0.4, -0.2) is 30.5 Å². The van der Waals surface area contributed by atoms with E-state index in [9.17, 15) is 18.3 Å². The minimum absolute atomic E-state index is 0.000249. The van der Waals surface area contributed by atoms with Crippen LogP contribution >= 0.6 is 11.3 Å². The molecule has 0 aliphatic rings. The maximum atomic E-state index is 12.9. The normalized spacial score (nSPS) is 12.7. The van der Waals surface area contributed by atoms with Gasteiger partial charge in [0.1, 0.15) is 10.3 Å². The third-order valence-corrected chi connectivity index (χ3v) is 7.82. The first-order chi connectivity index (χ1) is 15.7. The van der Waals surface area contributed by atoms with Gasteiger partial charge in [0.25, 0.3) is 10.0 Å². The van der Waals surface area contributed by atoms with Crippen molar-refractivity contribution in [1.29, 1.82) is 0 Å². The molecule has 8 heteroatoms. The molecule has 0 saturated heterocycles. The van der Waals surface area contributed by atoms with Gasteiger partial charge in [-0.3, -0.25) is 4.79 Å². The van der Waals surface area contributed by atoms with E-state index in [0.29, 0.717) is 22.0 Å². The lowest BCUT2D eigenvalue weighted by Gasteiger charge is -2.13. The van der Waals surface area contributed by atoms with Crippen LogP contribution in [0.25, 0.3) is 10.9 Å². The van der Waals surface area contributed by atoms with Gasteiger partial charge in [-0.25, -0.2) is 8.42 Å². The number of aliphatic carboxylic acids is 1. The van der Waals surface area contributed by atoms with Crippen molar-refractivity contribution in [3.05, 3.63) is 88.4 Å². The summed E-state index contributed by atoms with van der Waals surface area (Å²) in [6, 6.07) is 14.6. The number of sulfonamides is 1. The van der Waals surface area contributed by atoms with Gasteiger partial charge in [0, 0.05) is 29.1 Å². The predicted octanol–water partition coefficient (Wildman–Crippen LogP) is 3.91. The molecule has 3 N–H and O–H groups in total. The molecule has 0 spiro atoms. The zero-order valence-corrected chi connectivity index (χ0v) is 18.7. The molecule has 4 aromatic rings. The number of hydrogen-bond donors (Lipinski definition) is 3. The summed E-state index contributed by atoms with van der Waals surface area (Å²) in [6.45, 7) is 1.98. The first-order valence-corrected chi connectivity index (χ1v) is 12.0. The monoisotopic (exact) mass is 465 g/mol. The lowest BCUT2D eigenvalue weighted by molar-refractivity contribution is -0.138. The molecule has 0 saturated carbocycles. The van der Waals surface area contributed by atoms with E-state index in [1.807, 2.05) is 31.2 Å². The highest BCUT2D eigenvalue weighted by molar-refractivity contribution is 7.91. The van der Waals surface area contributed by atoms with Crippen molar-refractivity contribution < 1.29 is 19.7 Å². The number of H-pyrrole nitrogens is 1. The Kier molecular flexibility index (Phi) is 5.77. The molecule has 32 heavy (non-hydrogen) atoms. The summed E-state index contributed by atoms with van der Waals surface area (Å²) in [5.74, 6) is 4.67. The van der Waals surface area contributed by atoms with E-state index >= 15 is 0 Å². The largest absolute Gasteiger partial charge is 0.480 e. The van der Waals surface area contributed by atoms with E-state index in [1.165, 1.54) is 6.07 Å². The number of carboxylic acid groups (broad SMARTS) is 1. The average molecular weight is 466 g/mol. The van der Waals surface area contributed by atoms with Gasteiger partial charge < -0.3 is 10.1 Å². The summed E-state index contributed by atoms with van der Waals surface area (Å²) in [7, 11) is -4.06. The van der Waals surface area contributed by atoms with E-state index in [1.54, 1.807) is 30.5 Å². The quantitative estimate of drug-likeness (QED) is 0.376. The summed E-state index contributed by atoms with van der Waals surface area (Å²) in [4.78, 5) is 15.4. The van der Waals surface area contributed by atoms with E-state index in [2.05, 4.69) is 21.5 Å². The Morgan fingerprint density at radius 3 is 2.72 bits per heavy atom. The van der Waals surface area contributed by atoms with E-state index in [0.717, 1.165) is 27.8 Å². The molecule has 0 aliphatic heterocycles.